The number of benzene rings is 1. The summed E-state index contributed by atoms with van der Waals surface area (Å²) < 4.78 is 43.6. The van der Waals surface area contributed by atoms with Crippen LogP contribution in [0.1, 0.15) is 22.4 Å². The number of anilines is 3. The first-order valence-electron chi connectivity index (χ1n) is 7.46. The molecule has 3 aromatic rings. The number of nitrogens with zero attached hydrogens (tertiary/aromatic N) is 3. The Hall–Kier alpha value is -3.36. The molecule has 0 radical (unpaired) electrons. The highest BCUT2D eigenvalue weighted by Crippen LogP contribution is 2.33. The number of nitrogen functional groups attached to an aromatic ring is 1. The Labute approximate surface area is 146 Å². The van der Waals surface area contributed by atoms with E-state index in [0.717, 1.165) is 12.1 Å². The molecular formula is C17H14F3N5O. The third-order valence-corrected chi connectivity index (χ3v) is 3.59. The lowest BCUT2D eigenvalue weighted by Crippen LogP contribution is -2.08. The van der Waals surface area contributed by atoms with Gasteiger partial charge in [-0.15, -0.1) is 0 Å². The number of rotatable bonds is 5. The van der Waals surface area contributed by atoms with Gasteiger partial charge in [-0.05, 0) is 23.8 Å². The Kier molecular flexibility index (Phi) is 4.61. The van der Waals surface area contributed by atoms with Crippen molar-refractivity contribution in [2.24, 2.45) is 0 Å². The van der Waals surface area contributed by atoms with Crippen LogP contribution in [-0.4, -0.2) is 15.0 Å². The summed E-state index contributed by atoms with van der Waals surface area (Å²) in [4.78, 5) is 12.1. The smallest absolute Gasteiger partial charge is 0.416 e. The largest absolute Gasteiger partial charge is 0.451 e. The summed E-state index contributed by atoms with van der Waals surface area (Å²) in [5, 5.41) is 3.00. The molecule has 0 unspecified atom stereocenters. The first kappa shape index (κ1) is 17.5. The van der Waals surface area contributed by atoms with E-state index in [1.807, 2.05) is 0 Å². The molecule has 2 aromatic heterocycles. The lowest BCUT2D eigenvalue weighted by atomic mass is 10.1. The van der Waals surface area contributed by atoms with E-state index in [9.17, 15) is 13.2 Å². The van der Waals surface area contributed by atoms with Gasteiger partial charge in [-0.25, -0.2) is 9.97 Å². The monoisotopic (exact) mass is 361 g/mol. The molecule has 1 aromatic carbocycles. The van der Waals surface area contributed by atoms with E-state index in [4.69, 9.17) is 10.2 Å². The number of aromatic nitrogens is 3. The maximum atomic E-state index is 12.9. The average Bonchev–Trinajstić information content (AvgIpc) is 3.10. The summed E-state index contributed by atoms with van der Waals surface area (Å²) in [6.07, 6.45) is 1.56. The topological polar surface area (TPSA) is 89.9 Å². The van der Waals surface area contributed by atoms with Gasteiger partial charge in [0.1, 0.15) is 12.1 Å². The van der Waals surface area contributed by atoms with Gasteiger partial charge in [0.25, 0.3) is 0 Å². The molecule has 2 heterocycles. The molecule has 3 N–H and O–H groups in total. The molecule has 0 aliphatic rings. The van der Waals surface area contributed by atoms with E-state index < -0.39 is 11.7 Å². The number of hydrogen-bond acceptors (Lipinski definition) is 6. The van der Waals surface area contributed by atoms with Crippen molar-refractivity contribution in [3.8, 4) is 0 Å². The standard InChI is InChI=1S/C17H14F3N5O/c1-2-10-5-12(17(18,19)20)3-4-14(10)24-15-11(7-22-16(21)25-15)6-13-8-26-9-23-13/h2-5,7-9H,1,6H2,(H3,21,22,24,25). The number of halogens is 3. The first-order valence-corrected chi connectivity index (χ1v) is 7.46. The van der Waals surface area contributed by atoms with Gasteiger partial charge in [0.2, 0.25) is 5.95 Å². The van der Waals surface area contributed by atoms with Crippen LogP contribution in [0.2, 0.25) is 0 Å². The Bertz CT molecular complexity index is 923. The maximum Gasteiger partial charge on any atom is 0.416 e. The van der Waals surface area contributed by atoms with Crippen LogP contribution in [0.3, 0.4) is 0 Å². The molecule has 3 rings (SSSR count). The van der Waals surface area contributed by atoms with Gasteiger partial charge in [-0.3, -0.25) is 0 Å². The molecule has 0 aliphatic heterocycles. The second-order valence-electron chi connectivity index (χ2n) is 5.39. The van der Waals surface area contributed by atoms with Gasteiger partial charge >= 0.3 is 6.18 Å². The van der Waals surface area contributed by atoms with Crippen molar-refractivity contribution < 1.29 is 17.6 Å². The van der Waals surface area contributed by atoms with Gasteiger partial charge in [0.15, 0.2) is 6.39 Å². The van der Waals surface area contributed by atoms with Crippen LogP contribution >= 0.6 is 0 Å². The highest BCUT2D eigenvalue weighted by molar-refractivity contribution is 5.72. The molecule has 0 saturated carbocycles. The first-order chi connectivity index (χ1) is 12.4. The van der Waals surface area contributed by atoms with E-state index in [1.54, 1.807) is 0 Å². The summed E-state index contributed by atoms with van der Waals surface area (Å²) >= 11 is 0. The predicted octanol–water partition coefficient (Wildman–Crippen LogP) is 4.04. The minimum absolute atomic E-state index is 0.0310. The number of hydrogen-bond donors (Lipinski definition) is 2. The Morgan fingerprint density at radius 1 is 1.27 bits per heavy atom. The molecule has 0 fully saturated rings. The molecule has 134 valence electrons. The van der Waals surface area contributed by atoms with Crippen LogP contribution in [0.15, 0.2) is 48.0 Å². The van der Waals surface area contributed by atoms with Crippen molar-refractivity contribution in [1.29, 1.82) is 0 Å². The molecule has 6 nitrogen and oxygen atoms in total. The van der Waals surface area contributed by atoms with E-state index >= 15 is 0 Å². The Morgan fingerprint density at radius 2 is 2.08 bits per heavy atom. The number of alkyl halides is 3. The molecule has 9 heteroatoms. The third kappa shape index (κ3) is 3.82. The summed E-state index contributed by atoms with van der Waals surface area (Å²) in [6, 6.07) is 3.31. The molecule has 0 atom stereocenters. The Balaban J connectivity index is 1.95. The van der Waals surface area contributed by atoms with E-state index in [2.05, 4.69) is 26.8 Å². The summed E-state index contributed by atoms with van der Waals surface area (Å²) in [7, 11) is 0. The number of oxazole rings is 1. The fraction of sp³-hybridized carbons (Fsp3) is 0.118. The molecular weight excluding hydrogens is 347 g/mol. The van der Waals surface area contributed by atoms with Crippen molar-refractivity contribution in [2.75, 3.05) is 11.1 Å². The van der Waals surface area contributed by atoms with Gasteiger partial charge in [0.05, 0.1) is 11.3 Å². The third-order valence-electron chi connectivity index (χ3n) is 3.59. The normalized spacial score (nSPS) is 11.3. The van der Waals surface area contributed by atoms with Gasteiger partial charge in [-0.2, -0.15) is 18.2 Å². The van der Waals surface area contributed by atoms with Crippen LogP contribution in [0.4, 0.5) is 30.6 Å². The highest BCUT2D eigenvalue weighted by Gasteiger charge is 2.30. The molecule has 0 aliphatic carbocycles. The van der Waals surface area contributed by atoms with Crippen molar-refractivity contribution >= 4 is 23.5 Å². The van der Waals surface area contributed by atoms with E-state index in [-0.39, 0.29) is 11.5 Å². The summed E-state index contributed by atoms with van der Waals surface area (Å²) in [5.74, 6) is 0.395. The van der Waals surface area contributed by atoms with Crippen molar-refractivity contribution in [1.82, 2.24) is 15.0 Å². The van der Waals surface area contributed by atoms with Crippen molar-refractivity contribution in [2.45, 2.75) is 12.6 Å². The van der Waals surface area contributed by atoms with E-state index in [1.165, 1.54) is 31.0 Å². The van der Waals surface area contributed by atoms with Crippen LogP contribution in [0, 0.1) is 0 Å². The van der Waals surface area contributed by atoms with Crippen LogP contribution < -0.4 is 11.1 Å². The fourth-order valence-corrected chi connectivity index (χ4v) is 2.33. The predicted molar refractivity (Wildman–Crippen MR) is 90.6 cm³/mol. The van der Waals surface area contributed by atoms with Crippen LogP contribution in [0.5, 0.6) is 0 Å². The lowest BCUT2D eigenvalue weighted by molar-refractivity contribution is -0.137. The van der Waals surface area contributed by atoms with Crippen molar-refractivity contribution in [3.63, 3.8) is 0 Å². The minimum atomic E-state index is -4.44. The minimum Gasteiger partial charge on any atom is -0.451 e. The molecule has 0 spiro atoms. The Morgan fingerprint density at radius 3 is 2.73 bits per heavy atom. The zero-order valence-corrected chi connectivity index (χ0v) is 13.4. The van der Waals surface area contributed by atoms with E-state index in [0.29, 0.717) is 29.2 Å². The quantitative estimate of drug-likeness (QED) is 0.713. The second kappa shape index (κ2) is 6.87. The summed E-state index contributed by atoms with van der Waals surface area (Å²) in [6.45, 7) is 3.57. The summed E-state index contributed by atoms with van der Waals surface area (Å²) in [5.41, 5.74) is 6.88. The zero-order valence-electron chi connectivity index (χ0n) is 13.4. The molecule has 0 saturated heterocycles. The van der Waals surface area contributed by atoms with Crippen LogP contribution in [0.25, 0.3) is 6.08 Å². The molecule has 26 heavy (non-hydrogen) atoms. The van der Waals surface area contributed by atoms with Gasteiger partial charge < -0.3 is 15.5 Å². The fourth-order valence-electron chi connectivity index (χ4n) is 2.33. The number of nitrogens with one attached hydrogen (secondary N) is 1. The molecule has 0 amide bonds. The van der Waals surface area contributed by atoms with Gasteiger partial charge in [-0.1, -0.05) is 12.7 Å². The number of nitrogens with two attached hydrogens (primary N) is 1. The molecule has 0 bridgehead atoms. The zero-order chi connectivity index (χ0) is 18.7. The second-order valence-corrected chi connectivity index (χ2v) is 5.39. The highest BCUT2D eigenvalue weighted by atomic mass is 19.4. The SMILES string of the molecule is C=Cc1cc(C(F)(F)F)ccc1Nc1nc(N)ncc1Cc1cocn1. The van der Waals surface area contributed by atoms with Crippen molar-refractivity contribution in [3.05, 3.63) is 66.0 Å². The maximum absolute atomic E-state index is 12.9. The van der Waals surface area contributed by atoms with Gasteiger partial charge in [0, 0.05) is 23.9 Å². The lowest BCUT2D eigenvalue weighted by Gasteiger charge is -2.15. The van der Waals surface area contributed by atoms with Crippen LogP contribution in [-0.2, 0) is 12.6 Å². The average molecular weight is 361 g/mol.